The van der Waals surface area contributed by atoms with Crippen molar-refractivity contribution in [3.8, 4) is 0 Å². The number of nitrogens with one attached hydrogen (secondary N) is 1. The van der Waals surface area contributed by atoms with Gasteiger partial charge in [0.25, 0.3) is 0 Å². The molecule has 1 fully saturated rings. The first kappa shape index (κ1) is 18.6. The molecule has 1 N–H and O–H groups in total. The molecule has 3 rings (SSSR count). The molecule has 2 aromatic carbocycles. The average Bonchev–Trinajstić information content (AvgIpc) is 2.63. The lowest BCUT2D eigenvalue weighted by Crippen LogP contribution is -2.46. The van der Waals surface area contributed by atoms with Crippen LogP contribution in [0.15, 0.2) is 60.7 Å². The average molecular weight is 353 g/mol. The van der Waals surface area contributed by atoms with Crippen molar-refractivity contribution in [1.29, 1.82) is 0 Å². The summed E-state index contributed by atoms with van der Waals surface area (Å²) in [7, 11) is 0. The summed E-state index contributed by atoms with van der Waals surface area (Å²) < 4.78 is 12.1. The lowest BCUT2D eigenvalue weighted by Gasteiger charge is -2.35. The van der Waals surface area contributed by atoms with E-state index in [1.807, 2.05) is 36.4 Å². The summed E-state index contributed by atoms with van der Waals surface area (Å²) in [5.41, 5.74) is 2.41. The molecule has 1 saturated heterocycles. The first-order chi connectivity index (χ1) is 12.7. The summed E-state index contributed by atoms with van der Waals surface area (Å²) in [6.07, 6.45) is 2.57. The monoisotopic (exact) mass is 353 g/mol. The van der Waals surface area contributed by atoms with Gasteiger partial charge in [0.05, 0.1) is 25.4 Å². The molecule has 0 saturated carbocycles. The van der Waals surface area contributed by atoms with E-state index in [2.05, 4.69) is 29.6 Å². The van der Waals surface area contributed by atoms with Crippen molar-refractivity contribution < 1.29 is 14.3 Å². The van der Waals surface area contributed by atoms with Crippen LogP contribution < -0.4 is 5.32 Å². The van der Waals surface area contributed by atoms with Gasteiger partial charge in [-0.15, -0.1) is 0 Å². The molecule has 1 aliphatic rings. The molecule has 26 heavy (non-hydrogen) atoms. The standard InChI is InChI=1S/C22H27NO3/c1-17(24)23-20-13-21(12-18-8-4-2-5-9-18)26-22(14-20)16-25-15-19-10-6-3-7-11-19/h2-11,20-22H,12-16H2,1H3,(H,23,24)/t20-,21+,22+/m0/s1. The highest BCUT2D eigenvalue weighted by Crippen LogP contribution is 2.23. The van der Waals surface area contributed by atoms with Crippen LogP contribution in [0.2, 0.25) is 0 Å². The Morgan fingerprint density at radius 2 is 1.62 bits per heavy atom. The summed E-state index contributed by atoms with van der Waals surface area (Å²) in [5, 5.41) is 3.06. The zero-order valence-electron chi connectivity index (χ0n) is 15.3. The number of carbonyl (C=O) groups is 1. The Balaban J connectivity index is 1.55. The van der Waals surface area contributed by atoms with Crippen molar-refractivity contribution >= 4 is 5.91 Å². The lowest BCUT2D eigenvalue weighted by atomic mass is 9.94. The number of ether oxygens (including phenoxy) is 2. The van der Waals surface area contributed by atoms with Gasteiger partial charge < -0.3 is 14.8 Å². The van der Waals surface area contributed by atoms with Crippen molar-refractivity contribution in [3.63, 3.8) is 0 Å². The number of hydrogen-bond acceptors (Lipinski definition) is 3. The van der Waals surface area contributed by atoms with Gasteiger partial charge >= 0.3 is 0 Å². The zero-order valence-corrected chi connectivity index (χ0v) is 15.3. The van der Waals surface area contributed by atoms with Crippen molar-refractivity contribution in [1.82, 2.24) is 5.32 Å². The SMILES string of the molecule is CC(=O)N[C@H]1C[C@@H](Cc2ccccc2)O[C@@H](COCc2ccccc2)C1. The van der Waals surface area contributed by atoms with Crippen LogP contribution in [0.3, 0.4) is 0 Å². The summed E-state index contributed by atoms with van der Waals surface area (Å²) in [6.45, 7) is 2.69. The summed E-state index contributed by atoms with van der Waals surface area (Å²) in [4.78, 5) is 11.5. The first-order valence-corrected chi connectivity index (χ1v) is 9.27. The first-order valence-electron chi connectivity index (χ1n) is 9.27. The molecule has 1 aliphatic heterocycles. The number of carbonyl (C=O) groups excluding carboxylic acids is 1. The van der Waals surface area contributed by atoms with E-state index in [-0.39, 0.29) is 24.2 Å². The van der Waals surface area contributed by atoms with Crippen LogP contribution >= 0.6 is 0 Å². The second kappa shape index (κ2) is 9.51. The molecule has 0 bridgehead atoms. The van der Waals surface area contributed by atoms with Crippen LogP contribution in [0.25, 0.3) is 0 Å². The molecule has 1 amide bonds. The third-order valence-electron chi connectivity index (χ3n) is 4.61. The van der Waals surface area contributed by atoms with Crippen LogP contribution in [0.1, 0.15) is 30.9 Å². The van der Waals surface area contributed by atoms with E-state index in [1.165, 1.54) is 5.56 Å². The van der Waals surface area contributed by atoms with Crippen molar-refractivity contribution in [2.75, 3.05) is 6.61 Å². The minimum Gasteiger partial charge on any atom is -0.374 e. The third-order valence-corrected chi connectivity index (χ3v) is 4.61. The molecular formula is C22H27NO3. The molecule has 4 nitrogen and oxygen atoms in total. The highest BCUT2D eigenvalue weighted by atomic mass is 16.5. The van der Waals surface area contributed by atoms with E-state index in [9.17, 15) is 4.79 Å². The molecule has 0 aliphatic carbocycles. The summed E-state index contributed by atoms with van der Waals surface area (Å²) >= 11 is 0. The molecule has 3 atom stereocenters. The normalized spacial score (nSPS) is 22.7. The molecule has 1 heterocycles. The van der Waals surface area contributed by atoms with Crippen molar-refractivity contribution in [3.05, 3.63) is 71.8 Å². The van der Waals surface area contributed by atoms with Crippen LogP contribution in [0.4, 0.5) is 0 Å². The van der Waals surface area contributed by atoms with Gasteiger partial charge in [-0.2, -0.15) is 0 Å². The third kappa shape index (κ3) is 5.97. The van der Waals surface area contributed by atoms with Gasteiger partial charge in [0.2, 0.25) is 5.91 Å². The molecule has 2 aromatic rings. The van der Waals surface area contributed by atoms with Crippen LogP contribution in [0.5, 0.6) is 0 Å². The van der Waals surface area contributed by atoms with E-state index < -0.39 is 0 Å². The Bertz CT molecular complexity index is 674. The number of amides is 1. The Morgan fingerprint density at radius 1 is 1.00 bits per heavy atom. The van der Waals surface area contributed by atoms with Gasteiger partial charge in [-0.3, -0.25) is 4.79 Å². The maximum absolute atomic E-state index is 11.5. The van der Waals surface area contributed by atoms with E-state index in [4.69, 9.17) is 9.47 Å². The zero-order chi connectivity index (χ0) is 18.2. The lowest BCUT2D eigenvalue weighted by molar-refractivity contribution is -0.124. The Hall–Kier alpha value is -2.17. The maximum atomic E-state index is 11.5. The fourth-order valence-electron chi connectivity index (χ4n) is 3.52. The van der Waals surface area contributed by atoms with Gasteiger partial charge in [-0.25, -0.2) is 0 Å². The van der Waals surface area contributed by atoms with Gasteiger partial charge in [-0.1, -0.05) is 60.7 Å². The Kier molecular flexibility index (Phi) is 6.81. The van der Waals surface area contributed by atoms with E-state index in [1.54, 1.807) is 6.92 Å². The van der Waals surface area contributed by atoms with E-state index >= 15 is 0 Å². The molecular weight excluding hydrogens is 326 g/mol. The predicted octanol–water partition coefficient (Wildman–Crippen LogP) is 3.50. The van der Waals surface area contributed by atoms with E-state index in [0.29, 0.717) is 13.2 Å². The highest BCUT2D eigenvalue weighted by Gasteiger charge is 2.30. The topological polar surface area (TPSA) is 47.6 Å². The van der Waals surface area contributed by atoms with Crippen LogP contribution in [-0.2, 0) is 27.3 Å². The van der Waals surface area contributed by atoms with Gasteiger partial charge in [-0.05, 0) is 30.4 Å². The molecule has 138 valence electrons. The summed E-state index contributed by atoms with van der Waals surface area (Å²) in [6, 6.07) is 20.6. The largest absolute Gasteiger partial charge is 0.374 e. The quantitative estimate of drug-likeness (QED) is 0.829. The fourth-order valence-corrected chi connectivity index (χ4v) is 3.52. The second-order valence-electron chi connectivity index (χ2n) is 6.94. The molecule has 0 radical (unpaired) electrons. The maximum Gasteiger partial charge on any atom is 0.217 e. The number of rotatable bonds is 7. The summed E-state index contributed by atoms with van der Waals surface area (Å²) in [5.74, 6) is 0.0133. The fraction of sp³-hybridized carbons (Fsp3) is 0.409. The number of benzene rings is 2. The number of hydrogen-bond donors (Lipinski definition) is 1. The van der Waals surface area contributed by atoms with Crippen molar-refractivity contribution in [2.24, 2.45) is 0 Å². The molecule has 0 spiro atoms. The molecule has 0 aromatic heterocycles. The van der Waals surface area contributed by atoms with Gasteiger partial charge in [0.15, 0.2) is 0 Å². The predicted molar refractivity (Wildman–Crippen MR) is 102 cm³/mol. The smallest absolute Gasteiger partial charge is 0.217 e. The molecule has 4 heteroatoms. The highest BCUT2D eigenvalue weighted by molar-refractivity contribution is 5.73. The van der Waals surface area contributed by atoms with Crippen LogP contribution in [0, 0.1) is 0 Å². The van der Waals surface area contributed by atoms with Gasteiger partial charge in [0.1, 0.15) is 0 Å². The minimum absolute atomic E-state index is 0.00183. The second-order valence-corrected chi connectivity index (χ2v) is 6.94. The van der Waals surface area contributed by atoms with E-state index in [0.717, 1.165) is 24.8 Å². The van der Waals surface area contributed by atoms with Crippen LogP contribution in [-0.4, -0.2) is 30.8 Å². The van der Waals surface area contributed by atoms with Crippen molar-refractivity contribution in [2.45, 2.75) is 51.0 Å². The Labute approximate surface area is 155 Å². The Morgan fingerprint density at radius 3 is 2.27 bits per heavy atom. The van der Waals surface area contributed by atoms with Gasteiger partial charge in [0, 0.05) is 13.0 Å². The minimum atomic E-state index is -0.00183. The molecule has 0 unspecified atom stereocenters.